The van der Waals surface area contributed by atoms with Crippen LogP contribution in [0.2, 0.25) is 0 Å². The van der Waals surface area contributed by atoms with Gasteiger partial charge in [-0.25, -0.2) is 0 Å². The van der Waals surface area contributed by atoms with Gasteiger partial charge >= 0.3 is 0 Å². The number of thiophene rings is 2. The van der Waals surface area contributed by atoms with E-state index in [0.717, 1.165) is 0 Å². The predicted octanol–water partition coefficient (Wildman–Crippen LogP) is 7.99. The van der Waals surface area contributed by atoms with Crippen molar-refractivity contribution in [3.63, 3.8) is 0 Å². The van der Waals surface area contributed by atoms with Crippen LogP contribution in [0.5, 0.6) is 0 Å². The molecule has 1 fully saturated rings. The fourth-order valence-corrected chi connectivity index (χ4v) is 9.18. The lowest BCUT2D eigenvalue weighted by Crippen LogP contribution is -2.34. The zero-order valence-corrected chi connectivity index (χ0v) is 20.1. The fraction of sp³-hybridized carbons (Fsp3) is 0.200. The zero-order chi connectivity index (χ0) is 21.9. The second-order valence-electron chi connectivity index (χ2n) is 9.69. The normalized spacial score (nSPS) is 28.4. The summed E-state index contributed by atoms with van der Waals surface area (Å²) in [5.41, 5.74) is 4.66. The van der Waals surface area contributed by atoms with Gasteiger partial charge in [0.25, 0.3) is 0 Å². The molecule has 0 radical (unpaired) electrons. The Morgan fingerprint density at radius 1 is 0.606 bits per heavy atom. The highest BCUT2D eigenvalue weighted by molar-refractivity contribution is 7.12. The van der Waals surface area contributed by atoms with E-state index >= 15 is 0 Å². The molecular formula is C30H22OS2. The molecule has 1 nitrogen and oxygen atoms in total. The van der Waals surface area contributed by atoms with Crippen molar-refractivity contribution in [3.05, 3.63) is 127 Å². The second kappa shape index (κ2) is 6.04. The summed E-state index contributed by atoms with van der Waals surface area (Å²) in [5.74, 6) is 0.517. The minimum absolute atomic E-state index is 0.258. The second-order valence-corrected chi connectivity index (χ2v) is 12.3. The molecule has 2 aliphatic heterocycles. The number of rotatable bonds is 2. The third-order valence-electron chi connectivity index (χ3n) is 8.11. The van der Waals surface area contributed by atoms with E-state index in [4.69, 9.17) is 4.74 Å². The van der Waals surface area contributed by atoms with E-state index in [1.54, 1.807) is 0 Å². The topological polar surface area (TPSA) is 9.23 Å². The van der Waals surface area contributed by atoms with Gasteiger partial charge in [0.1, 0.15) is 11.2 Å². The lowest BCUT2D eigenvalue weighted by Gasteiger charge is -2.37. The summed E-state index contributed by atoms with van der Waals surface area (Å²) in [5, 5.41) is 2.79. The van der Waals surface area contributed by atoms with Crippen molar-refractivity contribution >= 4 is 33.4 Å². The average molecular weight is 463 g/mol. The lowest BCUT2D eigenvalue weighted by molar-refractivity contribution is -0.0441. The quantitative estimate of drug-likeness (QED) is 0.258. The van der Waals surface area contributed by atoms with Crippen LogP contribution < -0.4 is 0 Å². The van der Waals surface area contributed by atoms with Crippen LogP contribution in [0.25, 0.3) is 10.8 Å². The molecule has 5 aromatic rings. The zero-order valence-electron chi connectivity index (χ0n) is 18.5. The first-order chi connectivity index (χ1) is 16.1. The molecule has 3 aliphatic rings. The molecule has 0 spiro atoms. The summed E-state index contributed by atoms with van der Waals surface area (Å²) in [7, 11) is 0. The number of aryl methyl sites for hydroxylation is 2. The molecule has 0 N–H and O–H groups in total. The van der Waals surface area contributed by atoms with Crippen molar-refractivity contribution in [2.75, 3.05) is 0 Å². The van der Waals surface area contributed by atoms with Gasteiger partial charge < -0.3 is 4.74 Å². The van der Waals surface area contributed by atoms with Gasteiger partial charge in [-0.3, -0.25) is 0 Å². The Labute approximate surface area is 201 Å². The van der Waals surface area contributed by atoms with Crippen molar-refractivity contribution in [3.8, 4) is 0 Å². The van der Waals surface area contributed by atoms with Gasteiger partial charge in [-0.1, -0.05) is 60.7 Å². The maximum absolute atomic E-state index is 7.59. The van der Waals surface area contributed by atoms with Gasteiger partial charge in [0, 0.05) is 31.3 Å². The van der Waals surface area contributed by atoms with Gasteiger partial charge in [-0.2, -0.15) is 0 Å². The van der Waals surface area contributed by atoms with E-state index in [2.05, 4.69) is 98.8 Å². The monoisotopic (exact) mass is 462 g/mol. The number of hydrogen-bond acceptors (Lipinski definition) is 3. The van der Waals surface area contributed by atoms with Crippen LogP contribution in [0.3, 0.4) is 0 Å². The summed E-state index contributed by atoms with van der Waals surface area (Å²) >= 11 is 3.79. The molecule has 3 aromatic carbocycles. The molecule has 8 rings (SSSR count). The summed E-state index contributed by atoms with van der Waals surface area (Å²) in [6, 6.07) is 31.9. The van der Waals surface area contributed by atoms with Crippen LogP contribution in [0, 0.1) is 13.8 Å². The molecule has 2 aromatic heterocycles. The number of ether oxygens (including phenoxy) is 1. The predicted molar refractivity (Wildman–Crippen MR) is 137 cm³/mol. The molecule has 0 saturated carbocycles. The first-order valence-electron chi connectivity index (χ1n) is 11.6. The highest BCUT2D eigenvalue weighted by Gasteiger charge is 2.74. The standard InChI is InChI=1S/C30H22OS2/c1-17-13-15-24(32-17)29-22-11-3-4-12-23(22)30(31-29,25-16-14-18(2)33-25)28-21-10-6-8-19-7-5-9-20(26(19)21)27(28)29/h3-16,27-28H,1-2H3. The van der Waals surface area contributed by atoms with E-state index < -0.39 is 11.2 Å². The van der Waals surface area contributed by atoms with Gasteiger partial charge in [0.05, 0.1) is 0 Å². The summed E-state index contributed by atoms with van der Waals surface area (Å²) < 4.78 is 7.59. The van der Waals surface area contributed by atoms with Gasteiger partial charge in [-0.05, 0) is 71.1 Å². The largest absolute Gasteiger partial charge is 0.347 e. The SMILES string of the molecule is Cc1ccc(C23OC(c4ccc(C)s4)(c4ccccc42)C2c4cccc5cccc(c45)C23)s1. The number of fused-ring (bicyclic) bond motifs is 10. The van der Waals surface area contributed by atoms with Gasteiger partial charge in [0.15, 0.2) is 0 Å². The minimum atomic E-state index is -0.467. The van der Waals surface area contributed by atoms with Crippen molar-refractivity contribution in [2.24, 2.45) is 0 Å². The van der Waals surface area contributed by atoms with Crippen LogP contribution in [0.1, 0.15) is 53.6 Å². The Morgan fingerprint density at radius 2 is 1.12 bits per heavy atom. The molecule has 4 atom stereocenters. The Kier molecular flexibility index (Phi) is 3.42. The summed E-state index contributed by atoms with van der Waals surface area (Å²) in [6.45, 7) is 4.41. The van der Waals surface area contributed by atoms with Crippen LogP contribution in [-0.2, 0) is 15.9 Å². The molecule has 0 amide bonds. The van der Waals surface area contributed by atoms with Crippen LogP contribution in [-0.4, -0.2) is 0 Å². The Hall–Kier alpha value is -2.72. The average Bonchev–Trinajstić information content (AvgIpc) is 3.63. The molecule has 4 unspecified atom stereocenters. The molecule has 1 saturated heterocycles. The van der Waals surface area contributed by atoms with Gasteiger partial charge in [0.2, 0.25) is 0 Å². The third-order valence-corrected chi connectivity index (χ3v) is 10.3. The highest BCUT2D eigenvalue weighted by atomic mass is 32.1. The van der Waals surface area contributed by atoms with E-state index in [1.165, 1.54) is 52.5 Å². The molecule has 160 valence electrons. The number of hydrogen-bond donors (Lipinski definition) is 0. The number of benzene rings is 3. The molecule has 33 heavy (non-hydrogen) atoms. The lowest BCUT2D eigenvalue weighted by atomic mass is 9.62. The molecule has 2 bridgehead atoms. The summed E-state index contributed by atoms with van der Waals surface area (Å²) in [6.07, 6.45) is 0. The maximum Gasteiger partial charge on any atom is 0.137 e. The van der Waals surface area contributed by atoms with E-state index in [-0.39, 0.29) is 11.8 Å². The molecule has 3 heteroatoms. The first-order valence-corrected chi connectivity index (χ1v) is 13.2. The molecular weight excluding hydrogens is 440 g/mol. The molecule has 1 aliphatic carbocycles. The van der Waals surface area contributed by atoms with E-state index in [0.29, 0.717) is 0 Å². The van der Waals surface area contributed by atoms with E-state index in [1.807, 2.05) is 22.7 Å². The first kappa shape index (κ1) is 18.7. The van der Waals surface area contributed by atoms with Gasteiger partial charge in [-0.15, -0.1) is 22.7 Å². The third kappa shape index (κ3) is 2.00. The van der Waals surface area contributed by atoms with E-state index in [9.17, 15) is 0 Å². The highest BCUT2D eigenvalue weighted by Crippen LogP contribution is 2.77. The summed E-state index contributed by atoms with van der Waals surface area (Å²) in [4.78, 5) is 5.34. The smallest absolute Gasteiger partial charge is 0.137 e. The van der Waals surface area contributed by atoms with Crippen molar-refractivity contribution in [2.45, 2.75) is 36.9 Å². The maximum atomic E-state index is 7.59. The van der Waals surface area contributed by atoms with Crippen molar-refractivity contribution in [1.29, 1.82) is 0 Å². The van der Waals surface area contributed by atoms with Crippen LogP contribution in [0.4, 0.5) is 0 Å². The Balaban J connectivity index is 1.56. The molecule has 4 heterocycles. The van der Waals surface area contributed by atoms with Crippen LogP contribution in [0.15, 0.2) is 84.9 Å². The minimum Gasteiger partial charge on any atom is -0.347 e. The Morgan fingerprint density at radius 3 is 1.58 bits per heavy atom. The van der Waals surface area contributed by atoms with Crippen LogP contribution >= 0.6 is 22.7 Å². The van der Waals surface area contributed by atoms with Crippen molar-refractivity contribution in [1.82, 2.24) is 0 Å². The fourth-order valence-electron chi connectivity index (χ4n) is 7.08. The van der Waals surface area contributed by atoms with Crippen molar-refractivity contribution < 1.29 is 4.74 Å². The Bertz CT molecular complexity index is 1490.